The minimum atomic E-state index is -4.69. The van der Waals surface area contributed by atoms with Crippen molar-refractivity contribution in [3.05, 3.63) is 59.4 Å². The number of alkyl halides is 3. The van der Waals surface area contributed by atoms with Crippen LogP contribution in [0.2, 0.25) is 0 Å². The van der Waals surface area contributed by atoms with Crippen molar-refractivity contribution in [1.82, 2.24) is 0 Å². The molecule has 0 unspecified atom stereocenters. The summed E-state index contributed by atoms with van der Waals surface area (Å²) in [6.07, 6.45) is -4.69. The van der Waals surface area contributed by atoms with Crippen molar-refractivity contribution in [2.75, 3.05) is 4.72 Å². The van der Waals surface area contributed by atoms with Crippen molar-refractivity contribution >= 4 is 21.7 Å². The Hall–Kier alpha value is -2.62. The Balaban J connectivity index is 2.43. The fraction of sp³-hybridized carbons (Fsp3) is 0.0714. The van der Waals surface area contributed by atoms with Gasteiger partial charge in [0.1, 0.15) is 10.7 Å². The summed E-state index contributed by atoms with van der Waals surface area (Å²) >= 11 is 0. The summed E-state index contributed by atoms with van der Waals surface area (Å²) in [6.45, 7) is 0. The molecule has 2 aromatic rings. The third-order valence-electron chi connectivity index (χ3n) is 2.90. The van der Waals surface area contributed by atoms with Crippen LogP contribution in [0.4, 0.5) is 23.2 Å². The van der Waals surface area contributed by atoms with E-state index in [2.05, 4.69) is 0 Å². The highest BCUT2D eigenvalue weighted by Crippen LogP contribution is 2.31. The van der Waals surface area contributed by atoms with E-state index in [1.807, 2.05) is 0 Å². The summed E-state index contributed by atoms with van der Waals surface area (Å²) in [5.41, 5.74) is -2.16. The molecule has 1 N–H and O–H groups in total. The Morgan fingerprint density at radius 1 is 1.08 bits per heavy atom. The molecule has 0 saturated heterocycles. The van der Waals surface area contributed by atoms with Crippen LogP contribution in [0.25, 0.3) is 0 Å². The summed E-state index contributed by atoms with van der Waals surface area (Å²) in [4.78, 5) is 9.70. The smallest absolute Gasteiger partial charge is 0.416 e. The van der Waals surface area contributed by atoms with Gasteiger partial charge >= 0.3 is 6.18 Å². The Morgan fingerprint density at radius 3 is 2.33 bits per heavy atom. The maximum atomic E-state index is 13.7. The van der Waals surface area contributed by atoms with E-state index in [9.17, 15) is 35.9 Å². The number of hydrogen-bond donors (Lipinski definition) is 1. The van der Waals surface area contributed by atoms with Gasteiger partial charge in [0.05, 0.1) is 11.5 Å². The largest absolute Gasteiger partial charge is 0.545 e. The molecule has 0 bridgehead atoms. The van der Waals surface area contributed by atoms with Crippen molar-refractivity contribution in [1.29, 1.82) is 0 Å². The number of benzene rings is 2. The van der Waals surface area contributed by atoms with E-state index in [-0.39, 0.29) is 0 Å². The van der Waals surface area contributed by atoms with Crippen LogP contribution in [0.3, 0.4) is 0 Å². The van der Waals surface area contributed by atoms with Crippen molar-refractivity contribution < 1.29 is 35.9 Å². The quantitative estimate of drug-likeness (QED) is 0.843. The molecule has 0 aromatic heterocycles. The van der Waals surface area contributed by atoms with Crippen LogP contribution in [0.15, 0.2) is 47.4 Å². The van der Waals surface area contributed by atoms with E-state index >= 15 is 0 Å². The summed E-state index contributed by atoms with van der Waals surface area (Å²) in [5.74, 6) is -3.00. The summed E-state index contributed by atoms with van der Waals surface area (Å²) in [7, 11) is -4.65. The first kappa shape index (κ1) is 17.7. The number of hydrogen-bond acceptors (Lipinski definition) is 4. The SMILES string of the molecule is O=C([O-])c1ccc(F)c(S(=O)(=O)Nc2cccc(C(F)(F)F)c2)c1. The molecule has 2 rings (SSSR count). The monoisotopic (exact) mass is 362 g/mol. The molecule has 10 heteroatoms. The molecule has 0 spiro atoms. The number of aromatic carboxylic acids is 1. The van der Waals surface area contributed by atoms with E-state index in [0.717, 1.165) is 24.3 Å². The van der Waals surface area contributed by atoms with Crippen molar-refractivity contribution in [3.63, 3.8) is 0 Å². The zero-order chi connectivity index (χ0) is 18.1. The highest BCUT2D eigenvalue weighted by molar-refractivity contribution is 7.92. The van der Waals surface area contributed by atoms with Crippen LogP contribution >= 0.6 is 0 Å². The Kier molecular flexibility index (Phi) is 4.52. The van der Waals surface area contributed by atoms with Gasteiger partial charge in [-0.05, 0) is 35.9 Å². The molecule has 0 atom stereocenters. The number of anilines is 1. The molecule has 128 valence electrons. The van der Waals surface area contributed by atoms with Crippen molar-refractivity contribution in [2.45, 2.75) is 11.1 Å². The number of rotatable bonds is 4. The molecule has 24 heavy (non-hydrogen) atoms. The lowest BCUT2D eigenvalue weighted by molar-refractivity contribution is -0.255. The molecule has 5 nitrogen and oxygen atoms in total. The standard InChI is InChI=1S/C14H9F4NO4S/c15-11-5-4-8(13(20)21)6-12(11)24(22,23)19-10-3-1-2-9(7-10)14(16,17)18/h1-7,19H,(H,20,21)/p-1. The fourth-order valence-corrected chi connectivity index (χ4v) is 2.96. The van der Waals surface area contributed by atoms with Crippen molar-refractivity contribution in [3.8, 4) is 0 Å². The lowest BCUT2D eigenvalue weighted by Crippen LogP contribution is -2.23. The number of sulfonamides is 1. The van der Waals surface area contributed by atoms with Gasteiger partial charge < -0.3 is 9.90 Å². The lowest BCUT2D eigenvalue weighted by atomic mass is 10.2. The second kappa shape index (κ2) is 6.11. The van der Waals surface area contributed by atoms with E-state index in [0.29, 0.717) is 18.2 Å². The molecule has 0 aliphatic carbocycles. The number of carbonyl (C=O) groups is 1. The third kappa shape index (κ3) is 3.82. The molecular weight excluding hydrogens is 354 g/mol. The van der Waals surface area contributed by atoms with E-state index < -0.39 is 49.7 Å². The van der Waals surface area contributed by atoms with E-state index in [4.69, 9.17) is 0 Å². The Morgan fingerprint density at radius 2 is 1.75 bits per heavy atom. The molecule has 2 aromatic carbocycles. The summed E-state index contributed by atoms with van der Waals surface area (Å²) in [6, 6.07) is 5.18. The van der Waals surface area contributed by atoms with Crippen LogP contribution < -0.4 is 9.83 Å². The average Bonchev–Trinajstić information content (AvgIpc) is 2.46. The average molecular weight is 362 g/mol. The summed E-state index contributed by atoms with van der Waals surface area (Å²) < 4.78 is 77.5. The molecule has 0 aliphatic rings. The predicted molar refractivity (Wildman–Crippen MR) is 73.0 cm³/mol. The Labute approximate surface area is 133 Å². The highest BCUT2D eigenvalue weighted by Gasteiger charge is 2.31. The maximum Gasteiger partial charge on any atom is 0.416 e. The van der Waals surface area contributed by atoms with Crippen LogP contribution in [-0.4, -0.2) is 14.4 Å². The van der Waals surface area contributed by atoms with Crippen LogP contribution in [0.5, 0.6) is 0 Å². The third-order valence-corrected chi connectivity index (χ3v) is 4.29. The fourth-order valence-electron chi connectivity index (χ4n) is 1.81. The normalized spacial score (nSPS) is 12.0. The summed E-state index contributed by atoms with van der Waals surface area (Å²) in [5, 5.41) is 10.7. The zero-order valence-electron chi connectivity index (χ0n) is 11.6. The first-order valence-electron chi connectivity index (χ1n) is 6.22. The predicted octanol–water partition coefficient (Wildman–Crippen LogP) is 2.01. The van der Waals surface area contributed by atoms with Gasteiger partial charge in [-0.1, -0.05) is 12.1 Å². The van der Waals surface area contributed by atoms with Gasteiger partial charge in [-0.25, -0.2) is 12.8 Å². The maximum absolute atomic E-state index is 13.7. The first-order chi connectivity index (χ1) is 11.0. The van der Waals surface area contributed by atoms with E-state index in [1.165, 1.54) is 0 Å². The van der Waals surface area contributed by atoms with Gasteiger partial charge in [0.15, 0.2) is 0 Å². The van der Waals surface area contributed by atoms with Crippen LogP contribution in [0.1, 0.15) is 15.9 Å². The molecule has 0 fully saturated rings. The van der Waals surface area contributed by atoms with Gasteiger partial charge in [-0.3, -0.25) is 4.72 Å². The highest BCUT2D eigenvalue weighted by atomic mass is 32.2. The molecule has 0 saturated carbocycles. The Bertz CT molecular complexity index is 894. The molecule has 0 aliphatic heterocycles. The number of carboxylic acids is 1. The number of carbonyl (C=O) groups excluding carboxylic acids is 1. The van der Waals surface area contributed by atoms with Crippen LogP contribution in [-0.2, 0) is 16.2 Å². The number of halogens is 4. The molecule has 0 radical (unpaired) electrons. The molecule has 0 amide bonds. The number of nitrogens with one attached hydrogen (secondary N) is 1. The topological polar surface area (TPSA) is 86.3 Å². The minimum absolute atomic E-state index is 0.455. The first-order valence-corrected chi connectivity index (χ1v) is 7.70. The van der Waals surface area contributed by atoms with Crippen molar-refractivity contribution in [2.24, 2.45) is 0 Å². The van der Waals surface area contributed by atoms with E-state index in [1.54, 1.807) is 4.72 Å². The van der Waals surface area contributed by atoms with Gasteiger partial charge in [-0.2, -0.15) is 13.2 Å². The molecule has 0 heterocycles. The lowest BCUT2D eigenvalue weighted by Gasteiger charge is -2.12. The van der Waals surface area contributed by atoms with Gasteiger partial charge in [-0.15, -0.1) is 0 Å². The number of carboxylic acid groups (broad SMARTS) is 1. The zero-order valence-corrected chi connectivity index (χ0v) is 12.4. The second-order valence-electron chi connectivity index (χ2n) is 4.62. The van der Waals surface area contributed by atoms with Gasteiger partial charge in [0.25, 0.3) is 10.0 Å². The second-order valence-corrected chi connectivity index (χ2v) is 6.27. The van der Waals surface area contributed by atoms with Crippen LogP contribution in [0, 0.1) is 5.82 Å². The van der Waals surface area contributed by atoms with Gasteiger partial charge in [0, 0.05) is 5.69 Å². The molecular formula is C14H8F4NO4S-. The van der Waals surface area contributed by atoms with Gasteiger partial charge in [0.2, 0.25) is 0 Å². The minimum Gasteiger partial charge on any atom is -0.545 e.